The lowest BCUT2D eigenvalue weighted by Crippen LogP contribution is -2.36. The molecule has 0 radical (unpaired) electrons. The van der Waals surface area contributed by atoms with Crippen molar-refractivity contribution in [3.63, 3.8) is 0 Å². The zero-order chi connectivity index (χ0) is 17.6. The molecule has 0 aliphatic heterocycles. The number of hydrogen-bond acceptors (Lipinski definition) is 4. The summed E-state index contributed by atoms with van der Waals surface area (Å²) in [6.45, 7) is 2.87. The molecule has 0 saturated heterocycles. The van der Waals surface area contributed by atoms with Crippen molar-refractivity contribution in [2.75, 3.05) is 13.7 Å². The third kappa shape index (κ3) is 4.18. The summed E-state index contributed by atoms with van der Waals surface area (Å²) in [7, 11) is 3.96. The molecule has 0 aliphatic rings. The smallest absolute Gasteiger partial charge is 0.133 e. The zero-order valence-corrected chi connectivity index (χ0v) is 15.7. The molecule has 0 fully saturated rings. The van der Waals surface area contributed by atoms with Crippen molar-refractivity contribution < 1.29 is 4.74 Å². The van der Waals surface area contributed by atoms with E-state index in [1.54, 1.807) is 11.3 Å². The zero-order valence-electron chi connectivity index (χ0n) is 14.9. The molecule has 0 spiro atoms. The molecule has 0 bridgehead atoms. The Kier molecular flexibility index (Phi) is 6.02. The molecule has 1 aromatic carbocycles. The highest BCUT2D eigenvalue weighted by molar-refractivity contribution is 7.10. The van der Waals surface area contributed by atoms with Crippen LogP contribution in [0.15, 0.2) is 60.1 Å². The van der Waals surface area contributed by atoms with Crippen molar-refractivity contribution in [1.29, 1.82) is 0 Å². The molecule has 0 aliphatic carbocycles. The second-order valence-electron chi connectivity index (χ2n) is 6.20. The van der Waals surface area contributed by atoms with Gasteiger partial charge in [-0.2, -0.15) is 5.10 Å². The Bertz CT molecular complexity index is 754. The highest BCUT2D eigenvalue weighted by Gasteiger charge is 2.23. The SMILES string of the molecule is CNC(COC(c1cccs1)c1ccnn1C)C(C)c1ccccc1. The van der Waals surface area contributed by atoms with Crippen LogP contribution in [0, 0.1) is 0 Å². The van der Waals surface area contributed by atoms with E-state index in [4.69, 9.17) is 4.74 Å². The fourth-order valence-electron chi connectivity index (χ4n) is 3.06. The summed E-state index contributed by atoms with van der Waals surface area (Å²) in [4.78, 5) is 1.20. The van der Waals surface area contributed by atoms with Gasteiger partial charge in [0.05, 0.1) is 12.3 Å². The van der Waals surface area contributed by atoms with Crippen LogP contribution in [0.25, 0.3) is 0 Å². The standard InChI is InChI=1S/C20H25N3OS/c1-15(16-8-5-4-6-9-16)17(21-2)14-24-20(19-10-7-13-25-19)18-11-12-22-23(18)3/h4-13,15,17,20-21H,14H2,1-3H3. The van der Waals surface area contributed by atoms with Crippen LogP contribution in [-0.2, 0) is 11.8 Å². The Balaban J connectivity index is 1.75. The number of aryl methyl sites for hydroxylation is 1. The molecule has 132 valence electrons. The first-order valence-corrected chi connectivity index (χ1v) is 9.43. The summed E-state index contributed by atoms with van der Waals surface area (Å²) >= 11 is 1.72. The van der Waals surface area contributed by atoms with Gasteiger partial charge in [0, 0.05) is 24.2 Å². The van der Waals surface area contributed by atoms with Gasteiger partial charge in [-0.3, -0.25) is 4.68 Å². The Morgan fingerprint density at radius 3 is 2.56 bits per heavy atom. The highest BCUT2D eigenvalue weighted by atomic mass is 32.1. The van der Waals surface area contributed by atoms with E-state index in [0.29, 0.717) is 12.5 Å². The molecule has 5 heteroatoms. The number of nitrogens with one attached hydrogen (secondary N) is 1. The molecule has 2 aromatic heterocycles. The summed E-state index contributed by atoms with van der Waals surface area (Å²) in [5.74, 6) is 0.363. The van der Waals surface area contributed by atoms with E-state index in [2.05, 4.69) is 65.2 Å². The maximum atomic E-state index is 6.39. The number of ether oxygens (including phenoxy) is 1. The van der Waals surface area contributed by atoms with E-state index in [1.165, 1.54) is 10.4 Å². The number of aromatic nitrogens is 2. The molecule has 3 atom stereocenters. The van der Waals surface area contributed by atoms with Gasteiger partial charge in [-0.05, 0) is 36.0 Å². The van der Waals surface area contributed by atoms with E-state index in [0.717, 1.165) is 5.69 Å². The van der Waals surface area contributed by atoms with Gasteiger partial charge >= 0.3 is 0 Å². The van der Waals surface area contributed by atoms with Crippen LogP contribution in [0.5, 0.6) is 0 Å². The summed E-state index contributed by atoms with van der Waals surface area (Å²) in [6.07, 6.45) is 1.73. The summed E-state index contributed by atoms with van der Waals surface area (Å²) < 4.78 is 8.28. The topological polar surface area (TPSA) is 39.1 Å². The Labute approximate surface area is 153 Å². The first kappa shape index (κ1) is 17.9. The van der Waals surface area contributed by atoms with E-state index in [1.807, 2.05) is 31.0 Å². The first-order chi connectivity index (χ1) is 12.2. The van der Waals surface area contributed by atoms with Gasteiger partial charge in [0.2, 0.25) is 0 Å². The second kappa shape index (κ2) is 8.43. The molecule has 2 heterocycles. The lowest BCUT2D eigenvalue weighted by Gasteiger charge is -2.26. The number of rotatable bonds is 8. The number of thiophene rings is 1. The van der Waals surface area contributed by atoms with Gasteiger partial charge in [0.1, 0.15) is 6.10 Å². The molecule has 3 unspecified atom stereocenters. The average Bonchev–Trinajstić information content (AvgIpc) is 3.31. The van der Waals surface area contributed by atoms with E-state index < -0.39 is 0 Å². The van der Waals surface area contributed by atoms with Crippen LogP contribution in [0.3, 0.4) is 0 Å². The van der Waals surface area contributed by atoms with Crippen molar-refractivity contribution in [1.82, 2.24) is 15.1 Å². The maximum Gasteiger partial charge on any atom is 0.133 e. The minimum atomic E-state index is -0.0914. The number of benzene rings is 1. The largest absolute Gasteiger partial charge is 0.365 e. The van der Waals surface area contributed by atoms with Crippen molar-refractivity contribution >= 4 is 11.3 Å². The number of nitrogens with zero attached hydrogens (tertiary/aromatic N) is 2. The van der Waals surface area contributed by atoms with Crippen LogP contribution in [0.4, 0.5) is 0 Å². The Morgan fingerprint density at radius 1 is 1.16 bits per heavy atom. The fourth-order valence-corrected chi connectivity index (χ4v) is 3.85. The average molecular weight is 356 g/mol. The van der Waals surface area contributed by atoms with E-state index in [9.17, 15) is 0 Å². The van der Waals surface area contributed by atoms with Crippen LogP contribution in [0.2, 0.25) is 0 Å². The fraction of sp³-hybridized carbons (Fsp3) is 0.350. The van der Waals surface area contributed by atoms with Crippen LogP contribution in [0.1, 0.15) is 35.1 Å². The monoisotopic (exact) mass is 355 g/mol. The Hall–Kier alpha value is -1.95. The predicted molar refractivity (Wildman–Crippen MR) is 103 cm³/mol. The maximum absolute atomic E-state index is 6.39. The molecule has 25 heavy (non-hydrogen) atoms. The van der Waals surface area contributed by atoms with Crippen LogP contribution >= 0.6 is 11.3 Å². The minimum Gasteiger partial charge on any atom is -0.365 e. The molecule has 0 amide bonds. The molecule has 1 N–H and O–H groups in total. The molecule has 3 rings (SSSR count). The molecule has 3 aromatic rings. The van der Waals surface area contributed by atoms with Gasteiger partial charge < -0.3 is 10.1 Å². The number of likely N-dealkylation sites (N-methyl/N-ethyl adjacent to an activating group) is 1. The van der Waals surface area contributed by atoms with Crippen molar-refractivity contribution in [2.24, 2.45) is 7.05 Å². The lowest BCUT2D eigenvalue weighted by molar-refractivity contribution is 0.0566. The second-order valence-corrected chi connectivity index (χ2v) is 7.18. The van der Waals surface area contributed by atoms with Gasteiger partial charge in [0.15, 0.2) is 0 Å². The minimum absolute atomic E-state index is 0.0914. The van der Waals surface area contributed by atoms with Crippen molar-refractivity contribution in [2.45, 2.75) is 25.0 Å². The lowest BCUT2D eigenvalue weighted by atomic mass is 9.94. The molecule has 4 nitrogen and oxygen atoms in total. The molecule has 0 saturated carbocycles. The number of hydrogen-bond donors (Lipinski definition) is 1. The van der Waals surface area contributed by atoms with Gasteiger partial charge in [0.25, 0.3) is 0 Å². The van der Waals surface area contributed by atoms with Gasteiger partial charge in [-0.1, -0.05) is 43.3 Å². The van der Waals surface area contributed by atoms with Crippen LogP contribution in [-0.4, -0.2) is 29.5 Å². The predicted octanol–water partition coefficient (Wildman–Crippen LogP) is 3.98. The first-order valence-electron chi connectivity index (χ1n) is 8.55. The van der Waals surface area contributed by atoms with Crippen LogP contribution < -0.4 is 5.32 Å². The normalized spacial score (nSPS) is 15.0. The van der Waals surface area contributed by atoms with E-state index in [-0.39, 0.29) is 12.1 Å². The third-order valence-corrected chi connectivity index (χ3v) is 5.59. The third-order valence-electron chi connectivity index (χ3n) is 4.67. The Morgan fingerprint density at radius 2 is 1.96 bits per heavy atom. The highest BCUT2D eigenvalue weighted by Crippen LogP contribution is 2.30. The molecular weight excluding hydrogens is 330 g/mol. The summed E-state index contributed by atoms with van der Waals surface area (Å²) in [5.41, 5.74) is 2.39. The van der Waals surface area contributed by atoms with Crippen molar-refractivity contribution in [3.8, 4) is 0 Å². The quantitative estimate of drug-likeness (QED) is 0.664. The van der Waals surface area contributed by atoms with Gasteiger partial charge in [-0.15, -0.1) is 11.3 Å². The molecular formula is C20H25N3OS. The summed E-state index contributed by atoms with van der Waals surface area (Å²) in [5, 5.41) is 9.81. The van der Waals surface area contributed by atoms with Crippen molar-refractivity contribution in [3.05, 3.63) is 76.2 Å². The summed E-state index contributed by atoms with van der Waals surface area (Å²) in [6, 6.07) is 17.0. The van der Waals surface area contributed by atoms with E-state index >= 15 is 0 Å². The van der Waals surface area contributed by atoms with Gasteiger partial charge in [-0.25, -0.2) is 0 Å².